The van der Waals surface area contributed by atoms with E-state index in [-0.39, 0.29) is 5.97 Å². The Morgan fingerprint density at radius 1 is 1.20 bits per heavy atom. The number of carbonyl (C=O) groups is 1. The Kier molecular flexibility index (Phi) is 3.36. The minimum atomic E-state index is -0.350. The Hall–Kier alpha value is -1.65. The van der Waals surface area contributed by atoms with Crippen molar-refractivity contribution in [3.63, 3.8) is 0 Å². The number of benzene rings is 2. The lowest BCUT2D eigenvalue weighted by atomic mass is 10.0. The number of pyridine rings is 1. The average molecular weight is 351 g/mol. The summed E-state index contributed by atoms with van der Waals surface area (Å²) in [5.74, 6) is -0.350. The third-order valence-corrected chi connectivity index (χ3v) is 4.04. The molecule has 0 atom stereocenters. The zero-order chi connectivity index (χ0) is 14.3. The van der Waals surface area contributed by atoms with Crippen molar-refractivity contribution in [2.24, 2.45) is 0 Å². The van der Waals surface area contributed by atoms with Gasteiger partial charge in [0.25, 0.3) is 0 Å². The number of hydrogen-bond acceptors (Lipinski definition) is 3. The molecule has 0 fully saturated rings. The first-order chi connectivity index (χ1) is 9.60. The second-order valence-electron chi connectivity index (χ2n) is 4.34. The highest BCUT2D eigenvalue weighted by molar-refractivity contribution is 9.10. The number of nitrogens with zero attached hydrogens (tertiary/aromatic N) is 1. The highest BCUT2D eigenvalue weighted by Gasteiger charge is 2.10. The molecule has 0 aliphatic rings. The Bertz CT molecular complexity index is 848. The molecule has 0 N–H and O–H groups in total. The van der Waals surface area contributed by atoms with Gasteiger partial charge in [0.2, 0.25) is 0 Å². The monoisotopic (exact) mass is 349 g/mol. The predicted octanol–water partition coefficient (Wildman–Crippen LogP) is 4.59. The van der Waals surface area contributed by atoms with Crippen LogP contribution in [0.3, 0.4) is 0 Å². The van der Waals surface area contributed by atoms with E-state index < -0.39 is 0 Å². The molecule has 100 valence electrons. The maximum atomic E-state index is 11.6. The number of carbonyl (C=O) groups excluding carboxylic acids is 1. The minimum absolute atomic E-state index is 0.350. The molecule has 3 nitrogen and oxygen atoms in total. The van der Waals surface area contributed by atoms with Gasteiger partial charge in [0.15, 0.2) is 0 Å². The Morgan fingerprint density at radius 2 is 2.00 bits per heavy atom. The molecule has 3 rings (SSSR count). The number of ether oxygens (including phenoxy) is 1. The molecule has 1 heterocycles. The van der Waals surface area contributed by atoms with Gasteiger partial charge in [-0.05, 0) is 35.0 Å². The summed E-state index contributed by atoms with van der Waals surface area (Å²) < 4.78 is 5.65. The average Bonchev–Trinajstić information content (AvgIpc) is 2.46. The van der Waals surface area contributed by atoms with Gasteiger partial charge in [0, 0.05) is 21.4 Å². The lowest BCUT2D eigenvalue weighted by Crippen LogP contribution is -2.00. The highest BCUT2D eigenvalue weighted by Crippen LogP contribution is 2.33. The smallest absolute Gasteiger partial charge is 0.337 e. The quantitative estimate of drug-likeness (QED) is 0.366. The first kappa shape index (κ1) is 13.3. The summed E-state index contributed by atoms with van der Waals surface area (Å²) >= 11 is 9.46. The van der Waals surface area contributed by atoms with Crippen LogP contribution in [0.4, 0.5) is 0 Å². The summed E-state index contributed by atoms with van der Waals surface area (Å²) in [6, 6.07) is 9.22. The maximum absolute atomic E-state index is 11.6. The fraction of sp³-hybridized carbons (Fsp3) is 0.0667. The molecule has 3 aromatic rings. The third kappa shape index (κ3) is 2.15. The van der Waals surface area contributed by atoms with Gasteiger partial charge in [-0.25, -0.2) is 9.78 Å². The van der Waals surface area contributed by atoms with Gasteiger partial charge in [-0.15, -0.1) is 0 Å². The van der Waals surface area contributed by atoms with Crippen LogP contribution in [0.15, 0.2) is 41.0 Å². The topological polar surface area (TPSA) is 39.2 Å². The Morgan fingerprint density at radius 3 is 2.75 bits per heavy atom. The van der Waals surface area contributed by atoms with Crippen LogP contribution in [0.5, 0.6) is 0 Å². The molecule has 0 saturated heterocycles. The SMILES string of the molecule is COC(=O)c1ccc2c(c1)cc(Br)c1cc(Cl)ncc12. The van der Waals surface area contributed by atoms with Gasteiger partial charge in [0.05, 0.1) is 12.7 Å². The summed E-state index contributed by atoms with van der Waals surface area (Å²) in [6.45, 7) is 0. The summed E-state index contributed by atoms with van der Waals surface area (Å²) in [7, 11) is 1.37. The standard InChI is InChI=1S/C15H9BrClNO2/c1-20-15(19)8-2-3-10-9(4-8)5-13(16)11-6-14(17)18-7-12(10)11/h2-7H,1H3. The third-order valence-electron chi connectivity index (χ3n) is 3.17. The molecule has 5 heteroatoms. The van der Waals surface area contributed by atoms with Crippen molar-refractivity contribution in [1.29, 1.82) is 0 Å². The molecule has 0 saturated carbocycles. The molecule has 2 aromatic carbocycles. The molecule has 0 unspecified atom stereocenters. The largest absolute Gasteiger partial charge is 0.465 e. The molecule has 0 aliphatic carbocycles. The summed E-state index contributed by atoms with van der Waals surface area (Å²) in [4.78, 5) is 15.7. The van der Waals surface area contributed by atoms with Gasteiger partial charge in [-0.2, -0.15) is 0 Å². The zero-order valence-corrected chi connectivity index (χ0v) is 12.8. The van der Waals surface area contributed by atoms with Crippen LogP contribution in [0, 0.1) is 0 Å². The Balaban J connectivity index is 2.36. The van der Waals surface area contributed by atoms with E-state index in [9.17, 15) is 4.79 Å². The van der Waals surface area contributed by atoms with E-state index in [0.29, 0.717) is 10.7 Å². The van der Waals surface area contributed by atoms with Crippen molar-refractivity contribution < 1.29 is 9.53 Å². The molecule has 0 bridgehead atoms. The van der Waals surface area contributed by atoms with E-state index in [1.54, 1.807) is 18.3 Å². The zero-order valence-electron chi connectivity index (χ0n) is 10.5. The molecular weight excluding hydrogens is 342 g/mol. The lowest BCUT2D eigenvalue weighted by molar-refractivity contribution is 0.0601. The summed E-state index contributed by atoms with van der Waals surface area (Å²) in [5.41, 5.74) is 0.521. The second kappa shape index (κ2) is 5.04. The predicted molar refractivity (Wildman–Crippen MR) is 83.3 cm³/mol. The summed E-state index contributed by atoms with van der Waals surface area (Å²) in [5, 5.41) is 4.37. The summed E-state index contributed by atoms with van der Waals surface area (Å²) in [6.07, 6.45) is 1.74. The van der Waals surface area contributed by atoms with Crippen LogP contribution in [0.2, 0.25) is 5.15 Å². The van der Waals surface area contributed by atoms with E-state index in [2.05, 4.69) is 20.9 Å². The van der Waals surface area contributed by atoms with E-state index in [1.165, 1.54) is 7.11 Å². The van der Waals surface area contributed by atoms with Gasteiger partial charge in [0.1, 0.15) is 5.15 Å². The minimum Gasteiger partial charge on any atom is -0.465 e. The van der Waals surface area contributed by atoms with E-state index in [4.69, 9.17) is 16.3 Å². The molecule has 0 spiro atoms. The molecular formula is C15H9BrClNO2. The molecule has 0 amide bonds. The number of aromatic nitrogens is 1. The van der Waals surface area contributed by atoms with E-state index in [1.807, 2.05) is 18.2 Å². The number of methoxy groups -OCH3 is 1. The second-order valence-corrected chi connectivity index (χ2v) is 5.58. The number of hydrogen-bond donors (Lipinski definition) is 0. The van der Waals surface area contributed by atoms with Crippen LogP contribution < -0.4 is 0 Å². The van der Waals surface area contributed by atoms with E-state index >= 15 is 0 Å². The lowest BCUT2D eigenvalue weighted by Gasteiger charge is -2.08. The van der Waals surface area contributed by atoms with Crippen LogP contribution in [-0.4, -0.2) is 18.1 Å². The highest BCUT2D eigenvalue weighted by atomic mass is 79.9. The van der Waals surface area contributed by atoms with Crippen molar-refractivity contribution in [2.45, 2.75) is 0 Å². The number of fused-ring (bicyclic) bond motifs is 3. The van der Waals surface area contributed by atoms with Crippen molar-refractivity contribution >= 4 is 55.0 Å². The van der Waals surface area contributed by atoms with Gasteiger partial charge >= 0.3 is 5.97 Å². The van der Waals surface area contributed by atoms with Gasteiger partial charge in [-0.3, -0.25) is 0 Å². The first-order valence-electron chi connectivity index (χ1n) is 5.86. The van der Waals surface area contributed by atoms with Gasteiger partial charge < -0.3 is 4.74 Å². The van der Waals surface area contributed by atoms with Crippen molar-refractivity contribution in [2.75, 3.05) is 7.11 Å². The molecule has 0 radical (unpaired) electrons. The fourth-order valence-electron chi connectivity index (χ4n) is 2.23. The normalized spacial score (nSPS) is 10.9. The number of esters is 1. The van der Waals surface area contributed by atoms with Crippen molar-refractivity contribution in [3.8, 4) is 0 Å². The van der Waals surface area contributed by atoms with Crippen LogP contribution in [0.1, 0.15) is 10.4 Å². The van der Waals surface area contributed by atoms with Crippen LogP contribution >= 0.6 is 27.5 Å². The molecule has 20 heavy (non-hydrogen) atoms. The maximum Gasteiger partial charge on any atom is 0.337 e. The van der Waals surface area contributed by atoms with Crippen LogP contribution in [0.25, 0.3) is 21.5 Å². The van der Waals surface area contributed by atoms with Gasteiger partial charge in [-0.1, -0.05) is 33.6 Å². The van der Waals surface area contributed by atoms with Crippen LogP contribution in [-0.2, 0) is 4.74 Å². The first-order valence-corrected chi connectivity index (χ1v) is 7.03. The number of halogens is 2. The number of rotatable bonds is 1. The molecule has 0 aliphatic heterocycles. The fourth-order valence-corrected chi connectivity index (χ4v) is 2.96. The van der Waals surface area contributed by atoms with Crippen molar-refractivity contribution in [1.82, 2.24) is 4.98 Å². The molecule has 1 aromatic heterocycles. The van der Waals surface area contributed by atoms with E-state index in [0.717, 1.165) is 26.0 Å². The Labute approximate surface area is 128 Å². The van der Waals surface area contributed by atoms with Crippen molar-refractivity contribution in [3.05, 3.63) is 51.7 Å².